The third-order valence-electron chi connectivity index (χ3n) is 3.43. The highest BCUT2D eigenvalue weighted by atomic mass is 16.5. The monoisotopic (exact) mass is 253 g/mol. The van der Waals surface area contributed by atoms with E-state index in [1.54, 1.807) is 7.11 Å². The minimum atomic E-state index is 0.244. The van der Waals surface area contributed by atoms with Gasteiger partial charge in [0.2, 0.25) is 5.95 Å². The Bertz CT molecular complexity index is 392. The minimum absolute atomic E-state index is 0.244. The van der Waals surface area contributed by atoms with Crippen LogP contribution in [0.3, 0.4) is 0 Å². The van der Waals surface area contributed by atoms with E-state index in [-0.39, 0.29) is 12.1 Å². The first-order valence-corrected chi connectivity index (χ1v) is 6.54. The van der Waals surface area contributed by atoms with Gasteiger partial charge in [-0.15, -0.1) is 0 Å². The van der Waals surface area contributed by atoms with E-state index in [0.29, 0.717) is 12.6 Å². The molecule has 1 fully saturated rings. The molecule has 5 heteroatoms. The molecule has 0 bridgehead atoms. The molecule has 1 saturated heterocycles. The van der Waals surface area contributed by atoms with Crippen molar-refractivity contribution >= 4 is 5.95 Å². The lowest BCUT2D eigenvalue weighted by Crippen LogP contribution is -2.29. The van der Waals surface area contributed by atoms with Gasteiger partial charge in [-0.2, -0.15) is 0 Å². The van der Waals surface area contributed by atoms with Gasteiger partial charge in [0.15, 0.2) is 0 Å². The maximum atomic E-state index is 5.57. The first-order valence-electron chi connectivity index (χ1n) is 6.54. The lowest BCUT2D eigenvalue weighted by molar-refractivity contribution is 0.121. The molecule has 1 aromatic heterocycles. The summed E-state index contributed by atoms with van der Waals surface area (Å²) in [6, 6.07) is 0.622. The van der Waals surface area contributed by atoms with Crippen LogP contribution < -0.4 is 5.32 Å². The van der Waals surface area contributed by atoms with Crippen molar-refractivity contribution < 1.29 is 9.47 Å². The predicted molar refractivity (Wildman–Crippen MR) is 71.0 cm³/mol. The molecule has 0 radical (unpaired) electrons. The fourth-order valence-corrected chi connectivity index (χ4v) is 2.37. The van der Waals surface area contributed by atoms with Gasteiger partial charge in [-0.05, 0) is 27.2 Å². The fourth-order valence-electron chi connectivity index (χ4n) is 2.37. The lowest BCUT2D eigenvalue weighted by Gasteiger charge is -2.20. The highest BCUT2D eigenvalue weighted by Crippen LogP contribution is 2.21. The SMILES string of the molecule is COCC(C)n1cc(C)nc1NC1CCOC1C. The largest absolute Gasteiger partial charge is 0.383 e. The first kappa shape index (κ1) is 13.4. The Labute approximate surface area is 108 Å². The van der Waals surface area contributed by atoms with Crippen molar-refractivity contribution in [1.29, 1.82) is 0 Å². The molecule has 0 aliphatic carbocycles. The molecule has 0 amide bonds. The average Bonchev–Trinajstić information content (AvgIpc) is 2.87. The summed E-state index contributed by atoms with van der Waals surface area (Å²) < 4.78 is 12.9. The Morgan fingerprint density at radius 2 is 2.44 bits per heavy atom. The second-order valence-corrected chi connectivity index (χ2v) is 5.03. The van der Waals surface area contributed by atoms with Crippen LogP contribution in [0.15, 0.2) is 6.20 Å². The molecule has 0 spiro atoms. The standard InChI is InChI=1S/C13H23N3O2/c1-9-7-16(10(2)8-17-4)13(14-9)15-12-5-6-18-11(12)3/h7,10-12H,5-6,8H2,1-4H3,(H,14,15). The van der Waals surface area contributed by atoms with Gasteiger partial charge in [-0.1, -0.05) is 0 Å². The summed E-state index contributed by atoms with van der Waals surface area (Å²) in [4.78, 5) is 4.55. The number of aromatic nitrogens is 2. The van der Waals surface area contributed by atoms with Crippen LogP contribution in [0.1, 0.15) is 32.0 Å². The Hall–Kier alpha value is -1.07. The van der Waals surface area contributed by atoms with Gasteiger partial charge >= 0.3 is 0 Å². The molecule has 2 rings (SSSR count). The minimum Gasteiger partial charge on any atom is -0.383 e. The Morgan fingerprint density at radius 3 is 3.06 bits per heavy atom. The van der Waals surface area contributed by atoms with Gasteiger partial charge in [0.05, 0.1) is 30.5 Å². The molecule has 0 saturated carbocycles. The van der Waals surface area contributed by atoms with Gasteiger partial charge in [0.25, 0.3) is 0 Å². The highest BCUT2D eigenvalue weighted by molar-refractivity contribution is 5.31. The molecule has 5 nitrogen and oxygen atoms in total. The van der Waals surface area contributed by atoms with Gasteiger partial charge in [-0.3, -0.25) is 0 Å². The second kappa shape index (κ2) is 5.71. The van der Waals surface area contributed by atoms with Crippen LogP contribution in [-0.2, 0) is 9.47 Å². The molecule has 1 aliphatic heterocycles. The molecule has 102 valence electrons. The Kier molecular flexibility index (Phi) is 4.24. The van der Waals surface area contributed by atoms with E-state index in [9.17, 15) is 0 Å². The third kappa shape index (κ3) is 2.84. The third-order valence-corrected chi connectivity index (χ3v) is 3.43. The van der Waals surface area contributed by atoms with E-state index in [1.807, 2.05) is 6.92 Å². The van der Waals surface area contributed by atoms with E-state index >= 15 is 0 Å². The molecule has 1 aromatic rings. The van der Waals surface area contributed by atoms with Gasteiger partial charge < -0.3 is 19.4 Å². The topological polar surface area (TPSA) is 48.3 Å². The molecule has 1 aliphatic rings. The summed E-state index contributed by atoms with van der Waals surface area (Å²) in [5, 5.41) is 3.49. The van der Waals surface area contributed by atoms with E-state index in [2.05, 4.69) is 34.9 Å². The number of anilines is 1. The van der Waals surface area contributed by atoms with Crippen LogP contribution in [0.25, 0.3) is 0 Å². The van der Waals surface area contributed by atoms with Crippen LogP contribution >= 0.6 is 0 Å². The number of hydrogen-bond acceptors (Lipinski definition) is 4. The number of methoxy groups -OCH3 is 1. The van der Waals surface area contributed by atoms with Crippen LogP contribution in [-0.4, -0.2) is 42.0 Å². The quantitative estimate of drug-likeness (QED) is 0.872. The zero-order chi connectivity index (χ0) is 13.1. The van der Waals surface area contributed by atoms with E-state index in [0.717, 1.165) is 24.7 Å². The highest BCUT2D eigenvalue weighted by Gasteiger charge is 2.25. The number of rotatable bonds is 5. The average molecular weight is 253 g/mol. The van der Waals surface area contributed by atoms with Crippen LogP contribution in [0.4, 0.5) is 5.95 Å². The van der Waals surface area contributed by atoms with Crippen molar-refractivity contribution in [2.45, 2.75) is 45.4 Å². The zero-order valence-electron chi connectivity index (χ0n) is 11.6. The predicted octanol–water partition coefficient (Wildman–Crippen LogP) is 1.99. The van der Waals surface area contributed by atoms with Crippen molar-refractivity contribution in [1.82, 2.24) is 9.55 Å². The lowest BCUT2D eigenvalue weighted by atomic mass is 10.2. The van der Waals surface area contributed by atoms with Crippen LogP contribution in [0.2, 0.25) is 0 Å². The van der Waals surface area contributed by atoms with Crippen molar-refractivity contribution in [3.05, 3.63) is 11.9 Å². The van der Waals surface area contributed by atoms with Crippen molar-refractivity contribution in [2.75, 3.05) is 25.6 Å². The van der Waals surface area contributed by atoms with Gasteiger partial charge in [0, 0.05) is 19.9 Å². The normalized spacial score (nSPS) is 25.3. The van der Waals surface area contributed by atoms with Crippen LogP contribution in [0.5, 0.6) is 0 Å². The summed E-state index contributed by atoms with van der Waals surface area (Å²) in [6.07, 6.45) is 3.34. The van der Waals surface area contributed by atoms with Crippen molar-refractivity contribution in [2.24, 2.45) is 0 Å². The Morgan fingerprint density at radius 1 is 1.67 bits per heavy atom. The molecule has 0 aromatic carbocycles. The van der Waals surface area contributed by atoms with Gasteiger partial charge in [0.1, 0.15) is 0 Å². The number of nitrogens with zero attached hydrogens (tertiary/aromatic N) is 2. The maximum absolute atomic E-state index is 5.57. The molecule has 1 N–H and O–H groups in total. The molecular formula is C13H23N3O2. The summed E-state index contributed by atoms with van der Waals surface area (Å²) in [6.45, 7) is 7.75. The molecule has 2 heterocycles. The van der Waals surface area contributed by atoms with Gasteiger partial charge in [-0.25, -0.2) is 4.98 Å². The van der Waals surface area contributed by atoms with E-state index < -0.39 is 0 Å². The van der Waals surface area contributed by atoms with Crippen molar-refractivity contribution in [3.8, 4) is 0 Å². The molecular weight excluding hydrogens is 230 g/mol. The fraction of sp³-hybridized carbons (Fsp3) is 0.769. The van der Waals surface area contributed by atoms with Crippen molar-refractivity contribution in [3.63, 3.8) is 0 Å². The molecule has 3 atom stereocenters. The number of nitrogens with one attached hydrogen (secondary N) is 1. The van der Waals surface area contributed by atoms with E-state index in [1.165, 1.54) is 0 Å². The number of aryl methyl sites for hydroxylation is 1. The second-order valence-electron chi connectivity index (χ2n) is 5.03. The maximum Gasteiger partial charge on any atom is 0.203 e. The smallest absolute Gasteiger partial charge is 0.203 e. The number of imidazole rings is 1. The van der Waals surface area contributed by atoms with E-state index in [4.69, 9.17) is 9.47 Å². The molecule has 3 unspecified atom stereocenters. The number of hydrogen-bond donors (Lipinski definition) is 1. The summed E-state index contributed by atoms with van der Waals surface area (Å²) in [5.74, 6) is 0.916. The number of ether oxygens (including phenoxy) is 2. The Balaban J connectivity index is 2.11. The summed E-state index contributed by atoms with van der Waals surface area (Å²) in [5.41, 5.74) is 1.02. The summed E-state index contributed by atoms with van der Waals surface area (Å²) >= 11 is 0. The summed E-state index contributed by atoms with van der Waals surface area (Å²) in [7, 11) is 1.72. The van der Waals surface area contributed by atoms with Crippen LogP contribution in [0, 0.1) is 6.92 Å². The molecule has 18 heavy (non-hydrogen) atoms. The first-order chi connectivity index (χ1) is 8.61. The zero-order valence-corrected chi connectivity index (χ0v) is 11.6.